The molecule has 0 aliphatic heterocycles. The fraction of sp³-hybridized carbons (Fsp3) is 0.278. The molecule has 0 aliphatic carbocycles. The number of esters is 1. The van der Waals surface area contributed by atoms with Gasteiger partial charge in [0.1, 0.15) is 5.82 Å². The van der Waals surface area contributed by atoms with E-state index in [0.717, 1.165) is 11.8 Å². The van der Waals surface area contributed by atoms with E-state index in [-0.39, 0.29) is 41.7 Å². The topological polar surface area (TPSA) is 116 Å². The normalized spacial score (nSPS) is 10.2. The molecule has 1 heterocycles. The number of hydrogen-bond donors (Lipinski definition) is 1. The van der Waals surface area contributed by atoms with E-state index in [9.17, 15) is 18.8 Å². The third-order valence-corrected chi connectivity index (χ3v) is 4.41. The molecule has 2 rings (SSSR count). The number of carbonyl (C=O) groups excluding carboxylic acids is 2. The Kier molecular flexibility index (Phi) is 7.71. The number of aromatic amines is 1. The molecule has 8 nitrogen and oxygen atoms in total. The summed E-state index contributed by atoms with van der Waals surface area (Å²) < 4.78 is 18.6. The number of anilines is 1. The predicted octanol–water partition coefficient (Wildman–Crippen LogP) is 1.66. The molecule has 0 spiro atoms. The molecule has 0 radical (unpaired) electrons. The van der Waals surface area contributed by atoms with Gasteiger partial charge in [0.2, 0.25) is 5.91 Å². The van der Waals surface area contributed by atoms with Crippen LogP contribution < -0.4 is 10.5 Å². The Morgan fingerprint density at radius 3 is 2.82 bits per heavy atom. The maximum absolute atomic E-state index is 14.1. The number of hydrogen-bond acceptors (Lipinski definition) is 7. The van der Waals surface area contributed by atoms with Gasteiger partial charge in [-0.2, -0.15) is 5.26 Å². The Hall–Kier alpha value is -3.19. The molecular weight excluding hydrogens is 387 g/mol. The standard InChI is InChI=1S/C18H17FN4O4S/c1-27-17(26)10-12-9-15(24)22-18(21-12)28-11-16(25)23(8-4-7-20)14-6-3-2-5-13(14)19/h2-3,5-6,9H,4,8,10-11H2,1H3,(H,21,22,24). The van der Waals surface area contributed by atoms with Gasteiger partial charge in [0.05, 0.1) is 43.2 Å². The van der Waals surface area contributed by atoms with E-state index in [0.29, 0.717) is 0 Å². The molecule has 1 N–H and O–H groups in total. The lowest BCUT2D eigenvalue weighted by Gasteiger charge is -2.22. The van der Waals surface area contributed by atoms with Gasteiger partial charge in [0, 0.05) is 12.6 Å². The Morgan fingerprint density at radius 1 is 1.39 bits per heavy atom. The van der Waals surface area contributed by atoms with Crippen LogP contribution in [-0.2, 0) is 20.7 Å². The minimum Gasteiger partial charge on any atom is -0.469 e. The highest BCUT2D eigenvalue weighted by Crippen LogP contribution is 2.21. The zero-order chi connectivity index (χ0) is 20.5. The first-order valence-electron chi connectivity index (χ1n) is 8.16. The second kappa shape index (κ2) is 10.2. The number of H-pyrrole nitrogens is 1. The van der Waals surface area contributed by atoms with Gasteiger partial charge in [-0.05, 0) is 12.1 Å². The van der Waals surface area contributed by atoms with Crippen LogP contribution in [0.5, 0.6) is 0 Å². The molecule has 1 aromatic heterocycles. The summed E-state index contributed by atoms with van der Waals surface area (Å²) in [5.74, 6) is -1.73. The molecule has 0 bridgehead atoms. The SMILES string of the molecule is COC(=O)Cc1cc(=O)[nH]c(SCC(=O)N(CCC#N)c2ccccc2F)n1. The molecule has 1 amide bonds. The Bertz CT molecular complexity index is 957. The van der Waals surface area contributed by atoms with Crippen LogP contribution in [-0.4, -0.2) is 41.3 Å². The van der Waals surface area contributed by atoms with E-state index >= 15 is 0 Å². The minimum absolute atomic E-state index is 0.0309. The number of ether oxygens (including phenoxy) is 1. The largest absolute Gasteiger partial charge is 0.469 e. The van der Waals surface area contributed by atoms with Crippen molar-refractivity contribution in [3.8, 4) is 6.07 Å². The van der Waals surface area contributed by atoms with Crippen molar-refractivity contribution in [2.45, 2.75) is 18.0 Å². The summed E-state index contributed by atoms with van der Waals surface area (Å²) in [6.07, 6.45) is -0.139. The van der Waals surface area contributed by atoms with Crippen molar-refractivity contribution in [1.82, 2.24) is 9.97 Å². The maximum Gasteiger partial charge on any atom is 0.311 e. The van der Waals surface area contributed by atoms with E-state index in [1.165, 1.54) is 36.3 Å². The summed E-state index contributed by atoms with van der Waals surface area (Å²) in [5, 5.41) is 8.95. The average molecular weight is 404 g/mol. The summed E-state index contributed by atoms with van der Waals surface area (Å²) in [6.45, 7) is 0.0309. The zero-order valence-corrected chi connectivity index (χ0v) is 15.8. The van der Waals surface area contributed by atoms with Crippen LogP contribution in [0.25, 0.3) is 0 Å². The number of methoxy groups -OCH3 is 1. The number of nitriles is 1. The summed E-state index contributed by atoms with van der Waals surface area (Å²) >= 11 is 0.939. The van der Waals surface area contributed by atoms with Gasteiger partial charge >= 0.3 is 5.97 Å². The number of halogens is 1. The van der Waals surface area contributed by atoms with Crippen molar-refractivity contribution in [2.75, 3.05) is 24.3 Å². The number of benzene rings is 1. The van der Waals surface area contributed by atoms with Crippen molar-refractivity contribution in [2.24, 2.45) is 0 Å². The molecule has 0 saturated carbocycles. The maximum atomic E-state index is 14.1. The number of nitrogens with one attached hydrogen (secondary N) is 1. The predicted molar refractivity (Wildman–Crippen MR) is 100 cm³/mol. The second-order valence-electron chi connectivity index (χ2n) is 5.49. The Labute approximate surface area is 164 Å². The fourth-order valence-electron chi connectivity index (χ4n) is 2.28. The number of para-hydroxylation sites is 1. The van der Waals surface area contributed by atoms with Crippen molar-refractivity contribution in [3.05, 3.63) is 52.2 Å². The highest BCUT2D eigenvalue weighted by atomic mass is 32.2. The molecule has 0 fully saturated rings. The van der Waals surface area contributed by atoms with Crippen LogP contribution in [0.1, 0.15) is 12.1 Å². The van der Waals surface area contributed by atoms with Gasteiger partial charge < -0.3 is 14.6 Å². The van der Waals surface area contributed by atoms with Gasteiger partial charge in [-0.1, -0.05) is 23.9 Å². The molecule has 2 aromatic rings. The molecule has 146 valence electrons. The van der Waals surface area contributed by atoms with Gasteiger partial charge in [0.15, 0.2) is 5.16 Å². The smallest absolute Gasteiger partial charge is 0.311 e. The molecule has 0 unspecified atom stereocenters. The molecule has 0 saturated heterocycles. The van der Waals surface area contributed by atoms with Crippen molar-refractivity contribution < 1.29 is 18.7 Å². The second-order valence-corrected chi connectivity index (χ2v) is 6.45. The van der Waals surface area contributed by atoms with E-state index < -0.39 is 23.3 Å². The number of thioether (sulfide) groups is 1. The number of amides is 1. The van der Waals surface area contributed by atoms with Crippen LogP contribution in [0.3, 0.4) is 0 Å². The van der Waals surface area contributed by atoms with Gasteiger partial charge in [0.25, 0.3) is 5.56 Å². The summed E-state index contributed by atoms with van der Waals surface area (Å²) in [4.78, 5) is 43.4. The first-order valence-corrected chi connectivity index (χ1v) is 9.15. The molecule has 0 aliphatic rings. The molecule has 0 atom stereocenters. The molecular formula is C18H17FN4O4S. The summed E-state index contributed by atoms with van der Waals surface area (Å²) in [5.41, 5.74) is -0.190. The quantitative estimate of drug-likeness (QED) is 0.404. The first-order chi connectivity index (χ1) is 13.4. The molecule has 1 aromatic carbocycles. The van der Waals surface area contributed by atoms with E-state index in [1.54, 1.807) is 6.07 Å². The van der Waals surface area contributed by atoms with E-state index in [2.05, 4.69) is 14.7 Å². The number of nitrogens with zero attached hydrogens (tertiary/aromatic N) is 3. The highest BCUT2D eigenvalue weighted by molar-refractivity contribution is 7.99. The van der Waals surface area contributed by atoms with Crippen LogP contribution in [0.15, 0.2) is 40.3 Å². The van der Waals surface area contributed by atoms with Crippen LogP contribution in [0.4, 0.5) is 10.1 Å². The van der Waals surface area contributed by atoms with E-state index in [1.807, 2.05) is 6.07 Å². The Balaban J connectivity index is 2.14. The lowest BCUT2D eigenvalue weighted by molar-refractivity contribution is -0.139. The van der Waals surface area contributed by atoms with Gasteiger partial charge in [-0.25, -0.2) is 9.37 Å². The molecule has 10 heteroatoms. The average Bonchev–Trinajstić information content (AvgIpc) is 2.67. The number of aromatic nitrogens is 2. The zero-order valence-electron chi connectivity index (χ0n) is 15.0. The fourth-order valence-corrected chi connectivity index (χ4v) is 3.05. The lowest BCUT2D eigenvalue weighted by atomic mass is 10.2. The van der Waals surface area contributed by atoms with Crippen molar-refractivity contribution in [3.63, 3.8) is 0 Å². The summed E-state index contributed by atoms with van der Waals surface area (Å²) in [7, 11) is 1.22. The third-order valence-electron chi connectivity index (χ3n) is 3.55. The van der Waals surface area contributed by atoms with Crippen molar-refractivity contribution >= 4 is 29.3 Å². The first kappa shape index (κ1) is 21.1. The van der Waals surface area contributed by atoms with Gasteiger partial charge in [-0.15, -0.1) is 0 Å². The van der Waals surface area contributed by atoms with Crippen LogP contribution in [0.2, 0.25) is 0 Å². The van der Waals surface area contributed by atoms with Crippen LogP contribution in [0, 0.1) is 17.1 Å². The van der Waals surface area contributed by atoms with Gasteiger partial charge in [-0.3, -0.25) is 14.4 Å². The monoisotopic (exact) mass is 404 g/mol. The van der Waals surface area contributed by atoms with Crippen molar-refractivity contribution in [1.29, 1.82) is 5.26 Å². The highest BCUT2D eigenvalue weighted by Gasteiger charge is 2.19. The summed E-state index contributed by atoms with van der Waals surface area (Å²) in [6, 6.07) is 8.87. The van der Waals surface area contributed by atoms with Crippen LogP contribution >= 0.6 is 11.8 Å². The number of carbonyl (C=O) groups is 2. The Morgan fingerprint density at radius 2 is 2.14 bits per heavy atom. The van der Waals surface area contributed by atoms with E-state index in [4.69, 9.17) is 5.26 Å². The lowest BCUT2D eigenvalue weighted by Crippen LogP contribution is -2.34. The molecule has 28 heavy (non-hydrogen) atoms. The third kappa shape index (κ3) is 5.92. The minimum atomic E-state index is -0.578. The number of rotatable bonds is 8.